The van der Waals surface area contributed by atoms with Crippen molar-refractivity contribution < 1.29 is 14.7 Å². The fraction of sp³-hybridized carbons (Fsp3) is 0.0476. The molecule has 4 aromatic rings. The summed E-state index contributed by atoms with van der Waals surface area (Å²) in [5.41, 5.74) is 2.71. The zero-order chi connectivity index (χ0) is 20.1. The number of carbonyl (C=O) groups excluding carboxylic acids is 1. The lowest BCUT2D eigenvalue weighted by Crippen LogP contribution is -2.17. The largest absolute Gasteiger partial charge is 0.508 e. The van der Waals surface area contributed by atoms with Crippen molar-refractivity contribution in [1.29, 1.82) is 0 Å². The Kier molecular flexibility index (Phi) is 5.44. The van der Waals surface area contributed by atoms with Gasteiger partial charge in [0.2, 0.25) is 0 Å². The quantitative estimate of drug-likeness (QED) is 0.376. The minimum absolute atomic E-state index is 0.152. The number of hydrogen-bond acceptors (Lipinski definition) is 7. The first-order valence-electron chi connectivity index (χ1n) is 8.75. The molecule has 0 bridgehead atoms. The molecule has 0 saturated carbocycles. The molecule has 0 spiro atoms. The average Bonchev–Trinajstić information content (AvgIpc) is 3.13. The number of fused-ring (bicyclic) bond motifs is 1. The van der Waals surface area contributed by atoms with Gasteiger partial charge in [0.1, 0.15) is 11.5 Å². The molecule has 2 aromatic heterocycles. The van der Waals surface area contributed by atoms with Gasteiger partial charge in [-0.2, -0.15) is 0 Å². The number of pyridine rings is 1. The predicted molar refractivity (Wildman–Crippen MR) is 112 cm³/mol. The van der Waals surface area contributed by atoms with Crippen LogP contribution < -0.4 is 5.32 Å². The highest BCUT2D eigenvalue weighted by Gasteiger charge is 2.11. The first-order valence-corrected chi connectivity index (χ1v) is 9.57. The van der Waals surface area contributed by atoms with Gasteiger partial charge in [0, 0.05) is 11.8 Å². The summed E-state index contributed by atoms with van der Waals surface area (Å²) in [4.78, 5) is 26.1. The predicted octanol–water partition coefficient (Wildman–Crippen LogP) is 3.80. The van der Waals surface area contributed by atoms with Crippen LogP contribution in [0.15, 0.2) is 78.1 Å². The lowest BCUT2D eigenvalue weighted by atomic mass is 10.1. The van der Waals surface area contributed by atoms with E-state index in [0.29, 0.717) is 22.1 Å². The van der Waals surface area contributed by atoms with Gasteiger partial charge in [0.25, 0.3) is 5.91 Å². The fourth-order valence-corrected chi connectivity index (χ4v) is 3.54. The molecule has 2 N–H and O–H groups in total. The van der Waals surface area contributed by atoms with Crippen molar-refractivity contribution in [2.24, 2.45) is 5.16 Å². The molecule has 7 nitrogen and oxygen atoms in total. The van der Waals surface area contributed by atoms with Gasteiger partial charge >= 0.3 is 0 Å². The maximum Gasteiger partial charge on any atom is 0.266 e. The van der Waals surface area contributed by atoms with Crippen LogP contribution in [0.3, 0.4) is 0 Å². The first kappa shape index (κ1) is 18.6. The molecule has 0 saturated heterocycles. The van der Waals surface area contributed by atoms with Crippen molar-refractivity contribution in [2.75, 3.05) is 11.9 Å². The number of phenolic OH excluding ortho intramolecular Hbond substituents is 1. The van der Waals surface area contributed by atoms with Crippen molar-refractivity contribution in [2.45, 2.75) is 0 Å². The molecule has 0 atom stereocenters. The molecular formula is C21H16N4O3S. The molecule has 1 amide bonds. The summed E-state index contributed by atoms with van der Waals surface area (Å²) in [6.07, 6.45) is 1.67. The van der Waals surface area contributed by atoms with E-state index in [-0.39, 0.29) is 18.3 Å². The summed E-state index contributed by atoms with van der Waals surface area (Å²) >= 11 is 1.27. The van der Waals surface area contributed by atoms with Crippen LogP contribution in [0.5, 0.6) is 5.75 Å². The molecule has 0 fully saturated rings. The van der Waals surface area contributed by atoms with E-state index in [2.05, 4.69) is 20.4 Å². The number of thiazole rings is 1. The summed E-state index contributed by atoms with van der Waals surface area (Å²) in [6, 6.07) is 19.8. The average molecular weight is 404 g/mol. The van der Waals surface area contributed by atoms with E-state index in [0.717, 1.165) is 10.3 Å². The fourth-order valence-electron chi connectivity index (χ4n) is 2.62. The third-order valence-electron chi connectivity index (χ3n) is 3.92. The number of phenols is 1. The number of anilines is 1. The Bertz CT molecular complexity index is 1120. The van der Waals surface area contributed by atoms with E-state index in [1.807, 2.05) is 48.5 Å². The van der Waals surface area contributed by atoms with Gasteiger partial charge in [0.05, 0.1) is 15.9 Å². The summed E-state index contributed by atoms with van der Waals surface area (Å²) in [6.45, 7) is -0.273. The van der Waals surface area contributed by atoms with Crippen LogP contribution in [0.4, 0.5) is 5.13 Å². The summed E-state index contributed by atoms with van der Waals surface area (Å²) in [7, 11) is 0. The van der Waals surface area contributed by atoms with E-state index >= 15 is 0 Å². The molecule has 8 heteroatoms. The van der Waals surface area contributed by atoms with Crippen molar-refractivity contribution in [3.63, 3.8) is 0 Å². The maximum atomic E-state index is 12.2. The molecule has 0 aliphatic rings. The number of hydrogen-bond donors (Lipinski definition) is 2. The number of aromatic hydroxyl groups is 1. The highest BCUT2D eigenvalue weighted by atomic mass is 32.1. The zero-order valence-corrected chi connectivity index (χ0v) is 16.0. The zero-order valence-electron chi connectivity index (χ0n) is 15.1. The Morgan fingerprint density at radius 3 is 2.72 bits per heavy atom. The molecule has 0 radical (unpaired) electrons. The number of aromatic nitrogens is 2. The number of amides is 1. The topological polar surface area (TPSA) is 96.7 Å². The molecule has 0 aliphatic carbocycles. The molecule has 29 heavy (non-hydrogen) atoms. The van der Waals surface area contributed by atoms with Gasteiger partial charge in [0.15, 0.2) is 11.7 Å². The maximum absolute atomic E-state index is 12.2. The molecule has 4 rings (SSSR count). The summed E-state index contributed by atoms with van der Waals surface area (Å²) < 4.78 is 0.778. The lowest BCUT2D eigenvalue weighted by Gasteiger charge is -2.06. The Morgan fingerprint density at radius 2 is 1.93 bits per heavy atom. The van der Waals surface area contributed by atoms with Crippen LogP contribution in [-0.2, 0) is 9.63 Å². The summed E-state index contributed by atoms with van der Waals surface area (Å²) in [5.74, 6) is -0.231. The molecule has 2 aromatic carbocycles. The Hall–Kier alpha value is -3.78. The molecule has 144 valence electrons. The number of rotatable bonds is 6. The number of carbonyl (C=O) groups is 1. The van der Waals surface area contributed by atoms with Crippen LogP contribution in [-0.4, -0.2) is 33.3 Å². The number of benzene rings is 2. The van der Waals surface area contributed by atoms with Crippen LogP contribution >= 0.6 is 11.3 Å². The van der Waals surface area contributed by atoms with E-state index in [9.17, 15) is 9.90 Å². The second-order valence-electron chi connectivity index (χ2n) is 6.01. The smallest absolute Gasteiger partial charge is 0.266 e. The minimum atomic E-state index is -0.384. The number of oxime groups is 1. The SMILES string of the molecule is O=C(CO/N=C(/c1ccccc1)c1ccccn1)Nc1nc2ccc(O)cc2s1. The Labute approximate surface area is 170 Å². The highest BCUT2D eigenvalue weighted by molar-refractivity contribution is 7.22. The van der Waals surface area contributed by atoms with Gasteiger partial charge in [-0.15, -0.1) is 0 Å². The third-order valence-corrected chi connectivity index (χ3v) is 4.86. The monoisotopic (exact) mass is 404 g/mol. The van der Waals surface area contributed by atoms with Crippen LogP contribution in [0, 0.1) is 0 Å². The lowest BCUT2D eigenvalue weighted by molar-refractivity contribution is -0.120. The second-order valence-corrected chi connectivity index (χ2v) is 7.04. The van der Waals surface area contributed by atoms with Gasteiger partial charge in [-0.1, -0.05) is 52.9 Å². The van der Waals surface area contributed by atoms with E-state index < -0.39 is 0 Å². The van der Waals surface area contributed by atoms with Crippen LogP contribution in [0.1, 0.15) is 11.3 Å². The highest BCUT2D eigenvalue weighted by Crippen LogP contribution is 2.28. The van der Waals surface area contributed by atoms with Gasteiger partial charge in [-0.3, -0.25) is 15.1 Å². The van der Waals surface area contributed by atoms with E-state index in [1.165, 1.54) is 11.3 Å². The number of nitrogens with one attached hydrogen (secondary N) is 1. The minimum Gasteiger partial charge on any atom is -0.508 e. The third kappa shape index (κ3) is 4.56. The van der Waals surface area contributed by atoms with Crippen molar-refractivity contribution in [3.05, 3.63) is 84.2 Å². The van der Waals surface area contributed by atoms with E-state index in [4.69, 9.17) is 4.84 Å². The molecule has 0 aliphatic heterocycles. The normalized spacial score (nSPS) is 11.4. The Balaban J connectivity index is 1.45. The summed E-state index contributed by atoms with van der Waals surface area (Å²) in [5, 5.41) is 16.8. The standard InChI is InChI=1S/C21H16N4O3S/c26-15-9-10-16-18(12-15)29-21(23-16)24-19(27)13-28-25-20(14-6-2-1-3-7-14)17-8-4-5-11-22-17/h1-12,26H,13H2,(H,23,24,27)/b25-20-. The van der Waals surface area contributed by atoms with E-state index in [1.54, 1.807) is 24.4 Å². The van der Waals surface area contributed by atoms with Crippen LogP contribution in [0.25, 0.3) is 10.2 Å². The van der Waals surface area contributed by atoms with Gasteiger partial charge in [-0.25, -0.2) is 4.98 Å². The van der Waals surface area contributed by atoms with Crippen molar-refractivity contribution in [3.8, 4) is 5.75 Å². The van der Waals surface area contributed by atoms with Gasteiger partial charge in [-0.05, 0) is 30.3 Å². The van der Waals surface area contributed by atoms with Crippen molar-refractivity contribution in [1.82, 2.24) is 9.97 Å². The van der Waals surface area contributed by atoms with Crippen LogP contribution in [0.2, 0.25) is 0 Å². The van der Waals surface area contributed by atoms with Crippen molar-refractivity contribution >= 4 is 38.3 Å². The first-order chi connectivity index (χ1) is 14.2. The number of nitrogens with zero attached hydrogens (tertiary/aromatic N) is 3. The molecular weight excluding hydrogens is 388 g/mol. The molecule has 0 unspecified atom stereocenters. The molecule has 2 heterocycles. The second kappa shape index (κ2) is 8.49. The Morgan fingerprint density at radius 1 is 1.10 bits per heavy atom. The van der Waals surface area contributed by atoms with Gasteiger partial charge < -0.3 is 9.94 Å².